The molecule has 1 amide bonds. The standard InChI is InChI=1S/C13H21NO4/c1-4-6-11(7-5-2)13(17)14(8-9-18-3)10-12(15)16/h4-5,11H,1-2,6-10H2,3H3,(H,15,16). The van der Waals surface area contributed by atoms with Crippen molar-refractivity contribution in [2.75, 3.05) is 26.8 Å². The molecule has 0 atom stereocenters. The Hall–Kier alpha value is -1.62. The number of hydrogen-bond donors (Lipinski definition) is 1. The minimum absolute atomic E-state index is 0.200. The molecule has 5 heteroatoms. The summed E-state index contributed by atoms with van der Waals surface area (Å²) in [4.78, 5) is 24.2. The molecule has 0 saturated heterocycles. The van der Waals surface area contributed by atoms with Crippen LogP contribution in [-0.4, -0.2) is 48.7 Å². The summed E-state index contributed by atoms with van der Waals surface area (Å²) in [6, 6.07) is 0. The van der Waals surface area contributed by atoms with Crippen molar-refractivity contribution in [2.24, 2.45) is 5.92 Å². The Morgan fingerprint density at radius 2 is 1.89 bits per heavy atom. The van der Waals surface area contributed by atoms with Crippen molar-refractivity contribution in [1.29, 1.82) is 0 Å². The number of allylic oxidation sites excluding steroid dienone is 2. The molecule has 0 bridgehead atoms. The number of carboxylic acid groups (broad SMARTS) is 1. The van der Waals surface area contributed by atoms with E-state index in [2.05, 4.69) is 13.2 Å². The molecule has 0 aromatic rings. The number of rotatable bonds is 10. The minimum Gasteiger partial charge on any atom is -0.480 e. The van der Waals surface area contributed by atoms with Crippen LogP contribution in [0.25, 0.3) is 0 Å². The van der Waals surface area contributed by atoms with E-state index in [4.69, 9.17) is 9.84 Å². The average Bonchev–Trinajstić information content (AvgIpc) is 2.33. The average molecular weight is 255 g/mol. The summed E-state index contributed by atoms with van der Waals surface area (Å²) >= 11 is 0. The van der Waals surface area contributed by atoms with Gasteiger partial charge in [-0.25, -0.2) is 0 Å². The van der Waals surface area contributed by atoms with Crippen molar-refractivity contribution in [3.8, 4) is 0 Å². The molecule has 0 aliphatic heterocycles. The van der Waals surface area contributed by atoms with Gasteiger partial charge in [0, 0.05) is 19.6 Å². The number of carbonyl (C=O) groups is 2. The third-order valence-electron chi connectivity index (χ3n) is 2.45. The van der Waals surface area contributed by atoms with Gasteiger partial charge in [-0.15, -0.1) is 13.2 Å². The van der Waals surface area contributed by atoms with Gasteiger partial charge >= 0.3 is 5.97 Å². The fraction of sp³-hybridized carbons (Fsp3) is 0.538. The molecule has 1 N–H and O–H groups in total. The van der Waals surface area contributed by atoms with Crippen LogP contribution in [0.5, 0.6) is 0 Å². The number of aliphatic carboxylic acids is 1. The van der Waals surface area contributed by atoms with E-state index in [0.717, 1.165) is 0 Å². The first kappa shape index (κ1) is 16.4. The molecule has 0 aromatic carbocycles. The molecular formula is C13H21NO4. The molecule has 0 aromatic heterocycles. The van der Waals surface area contributed by atoms with Crippen LogP contribution in [0.1, 0.15) is 12.8 Å². The first-order chi connectivity index (χ1) is 8.56. The topological polar surface area (TPSA) is 66.8 Å². The Balaban J connectivity index is 4.70. The lowest BCUT2D eigenvalue weighted by Crippen LogP contribution is -2.41. The lowest BCUT2D eigenvalue weighted by Gasteiger charge is -2.24. The molecule has 0 radical (unpaired) electrons. The van der Waals surface area contributed by atoms with E-state index in [1.165, 1.54) is 12.0 Å². The fourth-order valence-electron chi connectivity index (χ4n) is 1.59. The van der Waals surface area contributed by atoms with Gasteiger partial charge in [0.25, 0.3) is 0 Å². The lowest BCUT2D eigenvalue weighted by molar-refractivity contribution is -0.146. The molecule has 0 aliphatic carbocycles. The molecule has 18 heavy (non-hydrogen) atoms. The zero-order chi connectivity index (χ0) is 14.0. The van der Waals surface area contributed by atoms with E-state index in [9.17, 15) is 9.59 Å². The van der Waals surface area contributed by atoms with E-state index in [0.29, 0.717) is 19.4 Å². The predicted octanol–water partition coefficient (Wildman–Crippen LogP) is 1.31. The summed E-state index contributed by atoms with van der Waals surface area (Å²) in [5.41, 5.74) is 0. The second kappa shape index (κ2) is 9.41. The van der Waals surface area contributed by atoms with Gasteiger partial charge in [-0.2, -0.15) is 0 Å². The van der Waals surface area contributed by atoms with E-state index >= 15 is 0 Å². The van der Waals surface area contributed by atoms with Crippen molar-refractivity contribution in [3.63, 3.8) is 0 Å². The van der Waals surface area contributed by atoms with Crippen molar-refractivity contribution in [3.05, 3.63) is 25.3 Å². The largest absolute Gasteiger partial charge is 0.480 e. The van der Waals surface area contributed by atoms with Crippen LogP contribution in [0.15, 0.2) is 25.3 Å². The van der Waals surface area contributed by atoms with Gasteiger partial charge < -0.3 is 14.7 Å². The van der Waals surface area contributed by atoms with Crippen molar-refractivity contribution in [2.45, 2.75) is 12.8 Å². The van der Waals surface area contributed by atoms with E-state index in [-0.39, 0.29) is 24.9 Å². The molecular weight excluding hydrogens is 234 g/mol. The highest BCUT2D eigenvalue weighted by atomic mass is 16.5. The van der Waals surface area contributed by atoms with Crippen molar-refractivity contribution >= 4 is 11.9 Å². The zero-order valence-electron chi connectivity index (χ0n) is 10.8. The van der Waals surface area contributed by atoms with Gasteiger partial charge in [0.1, 0.15) is 6.54 Å². The number of carboxylic acids is 1. The number of ether oxygens (including phenoxy) is 1. The molecule has 0 saturated carbocycles. The minimum atomic E-state index is -1.03. The highest BCUT2D eigenvalue weighted by Crippen LogP contribution is 2.14. The number of hydrogen-bond acceptors (Lipinski definition) is 3. The van der Waals surface area contributed by atoms with Crippen LogP contribution in [0.4, 0.5) is 0 Å². The predicted molar refractivity (Wildman–Crippen MR) is 69.2 cm³/mol. The van der Waals surface area contributed by atoms with Gasteiger partial charge in [0.2, 0.25) is 5.91 Å². The maximum absolute atomic E-state index is 12.2. The molecule has 0 heterocycles. The second-order valence-electron chi connectivity index (χ2n) is 3.89. The second-order valence-corrected chi connectivity index (χ2v) is 3.89. The van der Waals surface area contributed by atoms with Gasteiger partial charge in [-0.05, 0) is 12.8 Å². The molecule has 102 valence electrons. The Morgan fingerprint density at radius 1 is 1.33 bits per heavy atom. The third-order valence-corrected chi connectivity index (χ3v) is 2.45. The summed E-state index contributed by atoms with van der Waals surface area (Å²) in [6.07, 6.45) is 4.32. The normalized spacial score (nSPS) is 10.1. The third kappa shape index (κ3) is 6.20. The summed E-state index contributed by atoms with van der Waals surface area (Å²) in [5, 5.41) is 8.80. The Labute approximate surface area is 108 Å². The Kier molecular flexibility index (Phi) is 8.57. The lowest BCUT2D eigenvalue weighted by atomic mass is 9.99. The van der Waals surface area contributed by atoms with E-state index in [1.807, 2.05) is 0 Å². The summed E-state index contributed by atoms with van der Waals surface area (Å²) in [6.45, 7) is 7.47. The maximum atomic E-state index is 12.2. The van der Waals surface area contributed by atoms with Crippen LogP contribution in [0.3, 0.4) is 0 Å². The summed E-state index contributed by atoms with van der Waals surface area (Å²) in [7, 11) is 1.51. The van der Waals surface area contributed by atoms with Crippen molar-refractivity contribution in [1.82, 2.24) is 4.90 Å². The molecule has 0 rings (SSSR count). The summed E-state index contributed by atoms with van der Waals surface area (Å²) in [5.74, 6) is -1.53. The number of amides is 1. The van der Waals surface area contributed by atoms with E-state index < -0.39 is 5.97 Å². The van der Waals surface area contributed by atoms with Crippen LogP contribution in [0.2, 0.25) is 0 Å². The maximum Gasteiger partial charge on any atom is 0.323 e. The van der Waals surface area contributed by atoms with Crippen LogP contribution in [-0.2, 0) is 14.3 Å². The molecule has 5 nitrogen and oxygen atoms in total. The van der Waals surface area contributed by atoms with Gasteiger partial charge in [-0.3, -0.25) is 9.59 Å². The van der Waals surface area contributed by atoms with Gasteiger partial charge in [0.05, 0.1) is 6.61 Å². The first-order valence-corrected chi connectivity index (χ1v) is 5.78. The summed E-state index contributed by atoms with van der Waals surface area (Å²) < 4.78 is 4.88. The van der Waals surface area contributed by atoms with Gasteiger partial charge in [0.15, 0.2) is 0 Å². The molecule has 0 unspecified atom stereocenters. The number of carbonyl (C=O) groups excluding carboxylic acids is 1. The van der Waals surface area contributed by atoms with E-state index in [1.54, 1.807) is 12.2 Å². The van der Waals surface area contributed by atoms with Crippen LogP contribution in [0, 0.1) is 5.92 Å². The highest BCUT2D eigenvalue weighted by Gasteiger charge is 2.23. The zero-order valence-corrected chi connectivity index (χ0v) is 10.8. The molecule has 0 aliphatic rings. The SMILES string of the molecule is C=CCC(CC=C)C(=O)N(CCOC)CC(=O)O. The van der Waals surface area contributed by atoms with Gasteiger partial charge in [-0.1, -0.05) is 12.2 Å². The fourth-order valence-corrected chi connectivity index (χ4v) is 1.59. The smallest absolute Gasteiger partial charge is 0.323 e. The first-order valence-electron chi connectivity index (χ1n) is 5.78. The van der Waals surface area contributed by atoms with Crippen LogP contribution < -0.4 is 0 Å². The number of nitrogens with zero attached hydrogens (tertiary/aromatic N) is 1. The van der Waals surface area contributed by atoms with Crippen LogP contribution >= 0.6 is 0 Å². The Bertz CT molecular complexity index is 291. The molecule has 0 fully saturated rings. The molecule has 0 spiro atoms. The Morgan fingerprint density at radius 3 is 2.28 bits per heavy atom. The number of methoxy groups -OCH3 is 1. The monoisotopic (exact) mass is 255 g/mol. The quantitative estimate of drug-likeness (QED) is 0.598. The highest BCUT2D eigenvalue weighted by molar-refractivity contribution is 5.83. The van der Waals surface area contributed by atoms with Crippen molar-refractivity contribution < 1.29 is 19.4 Å².